The van der Waals surface area contributed by atoms with Gasteiger partial charge in [0.1, 0.15) is 5.75 Å². The van der Waals surface area contributed by atoms with Crippen LogP contribution in [0.2, 0.25) is 0 Å². The SMILES string of the molecule is CCc1nnsc1C(N)CCc1ccc2c(c1)CCO2. The summed E-state index contributed by atoms with van der Waals surface area (Å²) in [5.74, 6) is 1.04. The first-order chi connectivity index (χ1) is 9.78. The van der Waals surface area contributed by atoms with Gasteiger partial charge in [-0.1, -0.05) is 23.5 Å². The summed E-state index contributed by atoms with van der Waals surface area (Å²) >= 11 is 1.43. The van der Waals surface area contributed by atoms with Crippen LogP contribution in [-0.2, 0) is 19.3 Å². The van der Waals surface area contributed by atoms with Gasteiger partial charge in [-0.25, -0.2) is 0 Å². The van der Waals surface area contributed by atoms with Crippen LogP contribution < -0.4 is 10.5 Å². The van der Waals surface area contributed by atoms with E-state index in [0.717, 1.165) is 48.6 Å². The molecule has 106 valence electrons. The van der Waals surface area contributed by atoms with Crippen molar-refractivity contribution in [1.82, 2.24) is 9.59 Å². The Kier molecular flexibility index (Phi) is 3.98. The van der Waals surface area contributed by atoms with Crippen LogP contribution in [-0.4, -0.2) is 16.2 Å². The van der Waals surface area contributed by atoms with Crippen LogP contribution in [0.5, 0.6) is 5.75 Å². The monoisotopic (exact) mass is 289 g/mol. The number of benzene rings is 1. The fourth-order valence-electron chi connectivity index (χ4n) is 2.59. The molecule has 1 aromatic carbocycles. The third kappa shape index (κ3) is 2.69. The molecule has 2 N–H and O–H groups in total. The van der Waals surface area contributed by atoms with Gasteiger partial charge in [0.25, 0.3) is 0 Å². The lowest BCUT2D eigenvalue weighted by atomic mass is 10.0. The minimum absolute atomic E-state index is 0.0365. The molecule has 0 fully saturated rings. The van der Waals surface area contributed by atoms with E-state index in [9.17, 15) is 0 Å². The number of rotatable bonds is 5. The largest absolute Gasteiger partial charge is 0.493 e. The van der Waals surface area contributed by atoms with Gasteiger partial charge in [0, 0.05) is 12.5 Å². The lowest BCUT2D eigenvalue weighted by Crippen LogP contribution is -2.11. The highest BCUT2D eigenvalue weighted by Crippen LogP contribution is 2.28. The fraction of sp³-hybridized carbons (Fsp3) is 0.467. The first-order valence-electron chi connectivity index (χ1n) is 7.09. The molecule has 20 heavy (non-hydrogen) atoms. The van der Waals surface area contributed by atoms with Crippen LogP contribution in [0.1, 0.15) is 41.1 Å². The molecule has 0 spiro atoms. The van der Waals surface area contributed by atoms with E-state index in [1.807, 2.05) is 0 Å². The highest BCUT2D eigenvalue weighted by atomic mass is 32.1. The quantitative estimate of drug-likeness (QED) is 0.919. The maximum absolute atomic E-state index is 6.28. The lowest BCUT2D eigenvalue weighted by Gasteiger charge is -2.11. The molecule has 0 aliphatic carbocycles. The molecule has 3 rings (SSSR count). The van der Waals surface area contributed by atoms with Crippen molar-refractivity contribution >= 4 is 11.5 Å². The second kappa shape index (κ2) is 5.89. The van der Waals surface area contributed by atoms with Crippen molar-refractivity contribution in [3.05, 3.63) is 39.9 Å². The van der Waals surface area contributed by atoms with Gasteiger partial charge in [-0.2, -0.15) is 0 Å². The van der Waals surface area contributed by atoms with Gasteiger partial charge in [0.15, 0.2) is 0 Å². The summed E-state index contributed by atoms with van der Waals surface area (Å²) in [4.78, 5) is 1.14. The minimum Gasteiger partial charge on any atom is -0.493 e. The number of aryl methyl sites for hydroxylation is 2. The Bertz CT molecular complexity index is 597. The van der Waals surface area contributed by atoms with Gasteiger partial charge in [-0.15, -0.1) is 5.10 Å². The third-order valence-corrected chi connectivity index (χ3v) is 4.65. The molecule has 5 heteroatoms. The molecular weight excluding hydrogens is 270 g/mol. The smallest absolute Gasteiger partial charge is 0.122 e. The average molecular weight is 289 g/mol. The van der Waals surface area contributed by atoms with Gasteiger partial charge in [0.05, 0.1) is 17.2 Å². The van der Waals surface area contributed by atoms with E-state index in [2.05, 4.69) is 34.7 Å². The molecule has 1 unspecified atom stereocenters. The summed E-state index contributed by atoms with van der Waals surface area (Å²) in [6, 6.07) is 6.51. The zero-order valence-corrected chi connectivity index (χ0v) is 12.4. The second-order valence-corrected chi connectivity index (χ2v) is 5.91. The second-order valence-electron chi connectivity index (χ2n) is 5.12. The first-order valence-corrected chi connectivity index (χ1v) is 7.86. The van der Waals surface area contributed by atoms with Crippen LogP contribution in [0.4, 0.5) is 0 Å². The van der Waals surface area contributed by atoms with Crippen molar-refractivity contribution in [1.29, 1.82) is 0 Å². The molecule has 0 saturated carbocycles. The lowest BCUT2D eigenvalue weighted by molar-refractivity contribution is 0.357. The zero-order valence-electron chi connectivity index (χ0n) is 11.6. The summed E-state index contributed by atoms with van der Waals surface area (Å²) in [6.07, 6.45) is 3.83. The molecular formula is C15H19N3OS. The Balaban J connectivity index is 1.64. The number of nitrogens with two attached hydrogens (primary N) is 1. The summed E-state index contributed by atoms with van der Waals surface area (Å²) in [6.45, 7) is 2.90. The molecule has 1 atom stereocenters. The van der Waals surface area contributed by atoms with E-state index < -0.39 is 0 Å². The highest BCUT2D eigenvalue weighted by Gasteiger charge is 2.16. The number of aromatic nitrogens is 2. The summed E-state index contributed by atoms with van der Waals surface area (Å²) < 4.78 is 9.54. The van der Waals surface area contributed by atoms with E-state index in [0.29, 0.717) is 0 Å². The molecule has 1 aliphatic rings. The Hall–Kier alpha value is -1.46. The Morgan fingerprint density at radius 2 is 2.35 bits per heavy atom. The van der Waals surface area contributed by atoms with E-state index >= 15 is 0 Å². The Labute approximate surface area is 123 Å². The number of fused-ring (bicyclic) bond motifs is 1. The van der Waals surface area contributed by atoms with Gasteiger partial charge >= 0.3 is 0 Å². The van der Waals surface area contributed by atoms with E-state index in [4.69, 9.17) is 10.5 Å². The molecule has 2 aromatic rings. The van der Waals surface area contributed by atoms with Gasteiger partial charge < -0.3 is 10.5 Å². The first kappa shape index (κ1) is 13.5. The van der Waals surface area contributed by atoms with Crippen LogP contribution >= 0.6 is 11.5 Å². The fourth-order valence-corrected chi connectivity index (χ4v) is 3.36. The van der Waals surface area contributed by atoms with Crippen molar-refractivity contribution in [3.63, 3.8) is 0 Å². The number of ether oxygens (including phenoxy) is 1. The van der Waals surface area contributed by atoms with Gasteiger partial charge in [0.2, 0.25) is 0 Å². The molecule has 0 amide bonds. The average Bonchev–Trinajstić information content (AvgIpc) is 3.12. The Morgan fingerprint density at radius 1 is 1.45 bits per heavy atom. The van der Waals surface area contributed by atoms with Gasteiger partial charge in [-0.3, -0.25) is 0 Å². The van der Waals surface area contributed by atoms with Crippen LogP contribution in [0.25, 0.3) is 0 Å². The summed E-state index contributed by atoms with van der Waals surface area (Å²) in [7, 11) is 0. The third-order valence-electron chi connectivity index (χ3n) is 3.75. The molecule has 1 aromatic heterocycles. The highest BCUT2D eigenvalue weighted by molar-refractivity contribution is 7.05. The van der Waals surface area contributed by atoms with Crippen LogP contribution in [0, 0.1) is 0 Å². The minimum atomic E-state index is 0.0365. The number of hydrogen-bond acceptors (Lipinski definition) is 5. The summed E-state index contributed by atoms with van der Waals surface area (Å²) in [5.41, 5.74) is 9.99. The predicted octanol–water partition coefficient (Wildman–Crippen LogP) is 2.67. The molecule has 0 radical (unpaired) electrons. The van der Waals surface area contributed by atoms with E-state index in [1.165, 1.54) is 22.7 Å². The topological polar surface area (TPSA) is 61.0 Å². The van der Waals surface area contributed by atoms with Crippen molar-refractivity contribution < 1.29 is 4.74 Å². The zero-order chi connectivity index (χ0) is 13.9. The standard InChI is InChI=1S/C15H19N3OS/c1-2-13-15(20-18-17-13)12(16)5-3-10-4-6-14-11(9-10)7-8-19-14/h4,6,9,12H,2-3,5,7-8,16H2,1H3. The molecule has 0 saturated heterocycles. The van der Waals surface area contributed by atoms with Crippen LogP contribution in [0.15, 0.2) is 18.2 Å². The van der Waals surface area contributed by atoms with Crippen molar-refractivity contribution in [3.8, 4) is 5.75 Å². The number of hydrogen-bond donors (Lipinski definition) is 1. The molecule has 1 aliphatic heterocycles. The van der Waals surface area contributed by atoms with Crippen molar-refractivity contribution in [2.45, 2.75) is 38.6 Å². The molecule has 4 nitrogen and oxygen atoms in total. The van der Waals surface area contributed by atoms with E-state index in [1.54, 1.807) is 0 Å². The van der Waals surface area contributed by atoms with Crippen molar-refractivity contribution in [2.75, 3.05) is 6.61 Å². The Morgan fingerprint density at radius 3 is 3.20 bits per heavy atom. The number of nitrogens with zero attached hydrogens (tertiary/aromatic N) is 2. The van der Waals surface area contributed by atoms with E-state index in [-0.39, 0.29) is 6.04 Å². The van der Waals surface area contributed by atoms with Crippen LogP contribution in [0.3, 0.4) is 0 Å². The maximum atomic E-state index is 6.28. The van der Waals surface area contributed by atoms with Crippen molar-refractivity contribution in [2.24, 2.45) is 5.73 Å². The predicted molar refractivity (Wildman–Crippen MR) is 80.2 cm³/mol. The maximum Gasteiger partial charge on any atom is 0.122 e. The molecule has 2 heterocycles. The summed E-state index contributed by atoms with van der Waals surface area (Å²) in [5, 5.41) is 4.13. The molecule has 0 bridgehead atoms. The van der Waals surface area contributed by atoms with Gasteiger partial charge in [-0.05, 0) is 48.0 Å². The normalized spacial score (nSPS) is 14.9.